The maximum atomic E-state index is 14.7. The molecule has 0 unspecified atom stereocenters. The predicted molar refractivity (Wildman–Crippen MR) is 157 cm³/mol. The highest BCUT2D eigenvalue weighted by Gasteiger charge is 2.70. The number of nitrogens with zero attached hydrogens (tertiary/aromatic N) is 1. The standard InChI is InChI=1S/C34H25ClN2O3/c1-20-11-17-27-23(19-20)14-18-28-34(25-9-5-6-10-26(25)36-33(34)40)29(31(38)21-7-3-2-4-8-21)30(37(27)28)32(39)22-12-15-24(35)16-13-22/h2-19,28-30H,1H3,(H,36,40)/t28-,29+,30-,34-/m0/s1. The molecule has 3 aliphatic heterocycles. The van der Waals surface area contributed by atoms with Gasteiger partial charge < -0.3 is 10.2 Å². The monoisotopic (exact) mass is 544 g/mol. The van der Waals surface area contributed by atoms with Gasteiger partial charge in [-0.25, -0.2) is 0 Å². The van der Waals surface area contributed by atoms with Gasteiger partial charge in [-0.2, -0.15) is 0 Å². The molecule has 3 heterocycles. The van der Waals surface area contributed by atoms with E-state index in [9.17, 15) is 14.4 Å². The third-order valence-electron chi connectivity index (χ3n) is 8.53. The molecule has 5 nitrogen and oxygen atoms in total. The number of carbonyl (C=O) groups excluding carboxylic acids is 3. The fourth-order valence-electron chi connectivity index (χ4n) is 6.87. The molecule has 3 aliphatic rings. The molecule has 1 spiro atoms. The number of para-hydroxylation sites is 1. The van der Waals surface area contributed by atoms with Crippen molar-refractivity contribution in [1.82, 2.24) is 0 Å². The SMILES string of the molecule is Cc1ccc2c(c1)C=C[C@@H]1N2[C@H](C(=O)c2ccc(Cl)cc2)[C@H](C(=O)c2ccccc2)[C@@]12C(=O)Nc1ccccc12. The van der Waals surface area contributed by atoms with E-state index in [0.29, 0.717) is 21.8 Å². The summed E-state index contributed by atoms with van der Waals surface area (Å²) in [5.41, 5.74) is 3.83. The first-order valence-corrected chi connectivity index (χ1v) is 13.7. The van der Waals surface area contributed by atoms with Crippen LogP contribution in [0.5, 0.6) is 0 Å². The quantitative estimate of drug-likeness (QED) is 0.298. The summed E-state index contributed by atoms with van der Waals surface area (Å²) in [6, 6.07) is 27.7. The summed E-state index contributed by atoms with van der Waals surface area (Å²) < 4.78 is 0. The first-order chi connectivity index (χ1) is 19.4. The molecule has 0 radical (unpaired) electrons. The molecule has 40 heavy (non-hydrogen) atoms. The van der Waals surface area contributed by atoms with Crippen LogP contribution >= 0.6 is 11.6 Å². The molecular formula is C34H25ClN2O3. The van der Waals surface area contributed by atoms with Crippen LogP contribution in [0.3, 0.4) is 0 Å². The zero-order chi connectivity index (χ0) is 27.6. The van der Waals surface area contributed by atoms with Crippen LogP contribution in [0.1, 0.15) is 37.4 Å². The summed E-state index contributed by atoms with van der Waals surface area (Å²) in [5.74, 6) is -1.74. The van der Waals surface area contributed by atoms with E-state index in [0.717, 1.165) is 22.4 Å². The number of halogens is 1. The van der Waals surface area contributed by atoms with E-state index in [4.69, 9.17) is 11.6 Å². The smallest absolute Gasteiger partial charge is 0.238 e. The number of Topliss-reactive ketones (excluding diaryl/α,β-unsaturated/α-hetero) is 2. The topological polar surface area (TPSA) is 66.5 Å². The number of amides is 1. The highest BCUT2D eigenvalue weighted by Crippen LogP contribution is 2.58. The number of rotatable bonds is 4. The maximum Gasteiger partial charge on any atom is 0.238 e. The van der Waals surface area contributed by atoms with E-state index >= 15 is 0 Å². The minimum atomic E-state index is -1.32. The van der Waals surface area contributed by atoms with E-state index in [2.05, 4.69) is 11.4 Å². The Bertz CT molecular complexity index is 1730. The Labute approximate surface area is 237 Å². The highest BCUT2D eigenvalue weighted by molar-refractivity contribution is 6.30. The number of fused-ring (bicyclic) bond motifs is 6. The van der Waals surface area contributed by atoms with Crippen molar-refractivity contribution < 1.29 is 14.4 Å². The Morgan fingerprint density at radius 3 is 2.33 bits per heavy atom. The second-order valence-corrected chi connectivity index (χ2v) is 11.1. The van der Waals surface area contributed by atoms with Crippen molar-refractivity contribution in [3.63, 3.8) is 0 Å². The number of hydrogen-bond acceptors (Lipinski definition) is 4. The number of benzene rings is 4. The van der Waals surface area contributed by atoms with Crippen molar-refractivity contribution in [3.05, 3.63) is 136 Å². The molecule has 6 heteroatoms. The van der Waals surface area contributed by atoms with Crippen molar-refractivity contribution in [2.45, 2.75) is 24.4 Å². The molecule has 4 aromatic carbocycles. The molecule has 1 saturated heterocycles. The Morgan fingerprint density at radius 2 is 1.55 bits per heavy atom. The number of aryl methyl sites for hydroxylation is 1. The largest absolute Gasteiger partial charge is 0.352 e. The minimum absolute atomic E-state index is 0.230. The van der Waals surface area contributed by atoms with Crippen molar-refractivity contribution in [2.75, 3.05) is 10.2 Å². The van der Waals surface area contributed by atoms with Gasteiger partial charge in [0.25, 0.3) is 0 Å². The molecule has 196 valence electrons. The number of anilines is 2. The molecule has 7 rings (SSSR count). The van der Waals surface area contributed by atoms with Crippen molar-refractivity contribution in [3.8, 4) is 0 Å². The van der Waals surface area contributed by atoms with Crippen molar-refractivity contribution >= 4 is 46.5 Å². The minimum Gasteiger partial charge on any atom is -0.352 e. The molecule has 0 aromatic heterocycles. The van der Waals surface area contributed by atoms with E-state index in [1.54, 1.807) is 48.5 Å². The lowest BCUT2D eigenvalue weighted by Gasteiger charge is -2.37. The Morgan fingerprint density at radius 1 is 0.850 bits per heavy atom. The molecule has 4 aromatic rings. The zero-order valence-electron chi connectivity index (χ0n) is 21.7. The average Bonchev–Trinajstić information content (AvgIpc) is 3.45. The van der Waals surface area contributed by atoms with E-state index in [1.807, 2.05) is 66.4 Å². The summed E-state index contributed by atoms with van der Waals surface area (Å²) >= 11 is 6.16. The van der Waals surface area contributed by atoms with Crippen LogP contribution in [0.15, 0.2) is 103 Å². The van der Waals surface area contributed by atoms with Gasteiger partial charge in [0.1, 0.15) is 11.5 Å². The summed E-state index contributed by atoms with van der Waals surface area (Å²) in [5, 5.41) is 3.57. The molecule has 0 aliphatic carbocycles. The molecule has 1 fully saturated rings. The van der Waals surface area contributed by atoms with E-state index in [-0.39, 0.29) is 17.5 Å². The van der Waals surface area contributed by atoms with Gasteiger partial charge in [0.05, 0.1) is 12.0 Å². The van der Waals surface area contributed by atoms with Crippen LogP contribution in [0, 0.1) is 12.8 Å². The summed E-state index contributed by atoms with van der Waals surface area (Å²) in [6.07, 6.45) is 4.00. The Balaban J connectivity index is 1.54. The molecule has 4 atom stereocenters. The molecule has 0 saturated carbocycles. The average molecular weight is 545 g/mol. The molecule has 0 bridgehead atoms. The lowest BCUT2D eigenvalue weighted by atomic mass is 9.64. The summed E-state index contributed by atoms with van der Waals surface area (Å²) in [4.78, 5) is 45.6. The van der Waals surface area contributed by atoms with Crippen molar-refractivity contribution in [1.29, 1.82) is 0 Å². The number of nitrogens with one attached hydrogen (secondary N) is 1. The normalized spacial score (nSPS) is 23.9. The third-order valence-corrected chi connectivity index (χ3v) is 8.78. The molecule has 1 N–H and O–H groups in total. The van der Waals surface area contributed by atoms with Gasteiger partial charge in [-0.05, 0) is 60.5 Å². The van der Waals surface area contributed by atoms with Gasteiger partial charge in [0.15, 0.2) is 11.6 Å². The highest BCUT2D eigenvalue weighted by atomic mass is 35.5. The summed E-state index contributed by atoms with van der Waals surface area (Å²) in [7, 11) is 0. The first kappa shape index (κ1) is 24.6. The van der Waals surface area contributed by atoms with Crippen LogP contribution in [-0.2, 0) is 10.2 Å². The number of carbonyl (C=O) groups is 3. The van der Waals surface area contributed by atoms with Crippen LogP contribution in [-0.4, -0.2) is 29.6 Å². The maximum absolute atomic E-state index is 14.7. The fraction of sp³-hybridized carbons (Fsp3) is 0.147. The van der Waals surface area contributed by atoms with Crippen LogP contribution in [0.4, 0.5) is 11.4 Å². The second kappa shape index (κ2) is 9.04. The fourth-order valence-corrected chi connectivity index (χ4v) is 6.99. The van der Waals surface area contributed by atoms with Crippen LogP contribution in [0.25, 0.3) is 6.08 Å². The Kier molecular flexibility index (Phi) is 5.55. The number of ketones is 2. The van der Waals surface area contributed by atoms with Crippen molar-refractivity contribution in [2.24, 2.45) is 5.92 Å². The molecular weight excluding hydrogens is 520 g/mol. The van der Waals surface area contributed by atoms with E-state index < -0.39 is 23.4 Å². The van der Waals surface area contributed by atoms with Gasteiger partial charge in [-0.3, -0.25) is 14.4 Å². The molecule has 1 amide bonds. The van der Waals surface area contributed by atoms with Gasteiger partial charge >= 0.3 is 0 Å². The zero-order valence-corrected chi connectivity index (χ0v) is 22.4. The van der Waals surface area contributed by atoms with Crippen LogP contribution in [0.2, 0.25) is 5.02 Å². The lowest BCUT2D eigenvalue weighted by molar-refractivity contribution is -0.121. The first-order valence-electron chi connectivity index (χ1n) is 13.3. The van der Waals surface area contributed by atoms with Gasteiger partial charge in [0.2, 0.25) is 5.91 Å². The van der Waals surface area contributed by atoms with Gasteiger partial charge in [-0.15, -0.1) is 0 Å². The third kappa shape index (κ3) is 3.37. The second-order valence-electron chi connectivity index (χ2n) is 10.7. The van der Waals surface area contributed by atoms with E-state index in [1.165, 1.54) is 0 Å². The Hall–Kier alpha value is -4.48. The number of hydrogen-bond donors (Lipinski definition) is 1. The lowest BCUT2D eigenvalue weighted by Crippen LogP contribution is -2.51. The summed E-state index contributed by atoms with van der Waals surface area (Å²) in [6.45, 7) is 2.02. The van der Waals surface area contributed by atoms with Gasteiger partial charge in [-0.1, -0.05) is 83.9 Å². The van der Waals surface area contributed by atoms with Gasteiger partial charge in [0, 0.05) is 27.5 Å². The predicted octanol–water partition coefficient (Wildman–Crippen LogP) is 6.50. The van der Waals surface area contributed by atoms with Crippen LogP contribution < -0.4 is 10.2 Å².